The van der Waals surface area contributed by atoms with Crippen LogP contribution >= 0.6 is 22.7 Å². The molecule has 0 aliphatic heterocycles. The van der Waals surface area contributed by atoms with Gasteiger partial charge in [-0.15, -0.1) is 22.7 Å². The summed E-state index contributed by atoms with van der Waals surface area (Å²) in [5.74, 6) is -1.66. The van der Waals surface area contributed by atoms with Gasteiger partial charge >= 0.3 is 5.97 Å². The van der Waals surface area contributed by atoms with Gasteiger partial charge in [0.25, 0.3) is 5.91 Å². The Kier molecular flexibility index (Phi) is 5.45. The van der Waals surface area contributed by atoms with Gasteiger partial charge in [-0.05, 0) is 18.4 Å². The second-order valence-corrected chi connectivity index (χ2v) is 6.58. The Hall–Kier alpha value is -2.26. The maximum absolute atomic E-state index is 12.0. The van der Waals surface area contributed by atoms with Crippen LogP contribution in [0.4, 0.5) is 5.13 Å². The van der Waals surface area contributed by atoms with E-state index in [0.717, 1.165) is 4.90 Å². The number of thiazole rings is 1. The Bertz CT molecular complexity index is 711. The lowest BCUT2D eigenvalue weighted by Gasteiger charge is -2.20. The molecule has 0 spiro atoms. The first-order chi connectivity index (χ1) is 10.9. The summed E-state index contributed by atoms with van der Waals surface area (Å²) in [6, 6.07) is 2.59. The van der Waals surface area contributed by atoms with Crippen LogP contribution in [0.25, 0.3) is 0 Å². The lowest BCUT2D eigenvalue weighted by atomic mass is 10.2. The van der Waals surface area contributed by atoms with Crippen molar-refractivity contribution < 1.29 is 19.5 Å². The van der Waals surface area contributed by atoms with Gasteiger partial charge < -0.3 is 10.0 Å². The molecule has 0 saturated carbocycles. The highest BCUT2D eigenvalue weighted by atomic mass is 32.1. The van der Waals surface area contributed by atoms with E-state index < -0.39 is 12.0 Å². The average molecular weight is 353 g/mol. The Morgan fingerprint density at radius 3 is 2.74 bits per heavy atom. The molecular formula is C14H15N3O4S2. The smallest absolute Gasteiger partial charge is 0.326 e. The minimum Gasteiger partial charge on any atom is -0.480 e. The summed E-state index contributed by atoms with van der Waals surface area (Å²) in [5.41, 5.74) is 0.492. The van der Waals surface area contributed by atoms with Crippen LogP contribution in [-0.2, 0) is 16.0 Å². The SMILES string of the molecule is CC(C(=O)O)N(C)C(=O)Cc1csc(NC(=O)c2cccs2)n1. The van der Waals surface area contributed by atoms with E-state index in [9.17, 15) is 14.4 Å². The van der Waals surface area contributed by atoms with E-state index in [1.165, 1.54) is 36.6 Å². The molecule has 0 fully saturated rings. The molecule has 0 aromatic carbocycles. The van der Waals surface area contributed by atoms with Gasteiger partial charge in [-0.2, -0.15) is 0 Å². The van der Waals surface area contributed by atoms with E-state index in [1.807, 2.05) is 0 Å². The zero-order chi connectivity index (χ0) is 17.0. The summed E-state index contributed by atoms with van der Waals surface area (Å²) < 4.78 is 0. The van der Waals surface area contributed by atoms with E-state index in [2.05, 4.69) is 10.3 Å². The van der Waals surface area contributed by atoms with Crippen LogP contribution < -0.4 is 5.32 Å². The molecule has 9 heteroatoms. The minimum absolute atomic E-state index is 0.0144. The van der Waals surface area contributed by atoms with Crippen molar-refractivity contribution in [2.75, 3.05) is 12.4 Å². The van der Waals surface area contributed by atoms with E-state index in [-0.39, 0.29) is 18.2 Å². The van der Waals surface area contributed by atoms with Crippen molar-refractivity contribution in [3.63, 3.8) is 0 Å². The van der Waals surface area contributed by atoms with Gasteiger partial charge in [0.1, 0.15) is 6.04 Å². The molecule has 0 saturated heterocycles. The van der Waals surface area contributed by atoms with E-state index in [4.69, 9.17) is 5.11 Å². The number of nitrogens with one attached hydrogen (secondary N) is 1. The summed E-state index contributed by atoms with van der Waals surface area (Å²) in [4.78, 5) is 40.7. The molecule has 2 aromatic heterocycles. The normalized spacial score (nSPS) is 11.7. The van der Waals surface area contributed by atoms with Gasteiger partial charge in [0.15, 0.2) is 5.13 Å². The molecule has 2 rings (SSSR count). The lowest BCUT2D eigenvalue weighted by Crippen LogP contribution is -2.41. The third kappa shape index (κ3) is 4.36. The monoisotopic (exact) mass is 353 g/mol. The minimum atomic E-state index is -1.07. The van der Waals surface area contributed by atoms with Crippen molar-refractivity contribution in [3.05, 3.63) is 33.5 Å². The molecule has 23 heavy (non-hydrogen) atoms. The van der Waals surface area contributed by atoms with E-state index in [1.54, 1.807) is 22.9 Å². The molecule has 0 aliphatic rings. The van der Waals surface area contributed by atoms with Gasteiger partial charge in [-0.3, -0.25) is 14.9 Å². The fraction of sp³-hybridized carbons (Fsp3) is 0.286. The number of nitrogens with zero attached hydrogens (tertiary/aromatic N) is 2. The topological polar surface area (TPSA) is 99.6 Å². The summed E-state index contributed by atoms with van der Waals surface area (Å²) in [7, 11) is 1.44. The molecule has 2 heterocycles. The Morgan fingerprint density at radius 2 is 2.13 bits per heavy atom. The lowest BCUT2D eigenvalue weighted by molar-refractivity contribution is -0.148. The van der Waals surface area contributed by atoms with Crippen molar-refractivity contribution >= 4 is 45.6 Å². The Morgan fingerprint density at radius 1 is 1.39 bits per heavy atom. The fourth-order valence-electron chi connectivity index (χ4n) is 1.67. The zero-order valence-electron chi connectivity index (χ0n) is 12.5. The van der Waals surface area contributed by atoms with Crippen LogP contribution in [0.1, 0.15) is 22.3 Å². The molecule has 1 atom stereocenters. The highest BCUT2D eigenvalue weighted by Crippen LogP contribution is 2.18. The number of carbonyl (C=O) groups is 3. The number of carbonyl (C=O) groups excluding carboxylic acids is 2. The maximum atomic E-state index is 12.0. The Labute approximate surface area is 140 Å². The van der Waals surface area contributed by atoms with Crippen molar-refractivity contribution in [2.24, 2.45) is 0 Å². The molecular weight excluding hydrogens is 338 g/mol. The molecule has 0 bridgehead atoms. The second-order valence-electron chi connectivity index (χ2n) is 4.77. The van der Waals surface area contributed by atoms with Crippen LogP contribution in [0.15, 0.2) is 22.9 Å². The predicted molar refractivity (Wildman–Crippen MR) is 88.0 cm³/mol. The van der Waals surface area contributed by atoms with Crippen molar-refractivity contribution in [3.8, 4) is 0 Å². The predicted octanol–water partition coefficient (Wildman–Crippen LogP) is 1.93. The molecule has 1 unspecified atom stereocenters. The fourth-order valence-corrected chi connectivity index (χ4v) is 3.00. The number of anilines is 1. The van der Waals surface area contributed by atoms with Crippen LogP contribution in [0.3, 0.4) is 0 Å². The van der Waals surface area contributed by atoms with Crippen LogP contribution in [0, 0.1) is 0 Å². The number of hydrogen-bond donors (Lipinski definition) is 2. The number of rotatable bonds is 6. The van der Waals surface area contributed by atoms with Gasteiger partial charge in [0.2, 0.25) is 5.91 Å². The zero-order valence-corrected chi connectivity index (χ0v) is 14.1. The summed E-state index contributed by atoms with van der Waals surface area (Å²) in [6.45, 7) is 1.44. The Balaban J connectivity index is 1.95. The van der Waals surface area contributed by atoms with Gasteiger partial charge in [0, 0.05) is 12.4 Å². The number of amides is 2. The van der Waals surface area contributed by atoms with Gasteiger partial charge in [-0.1, -0.05) is 6.07 Å². The number of aliphatic carboxylic acids is 1. The van der Waals surface area contributed by atoms with Crippen LogP contribution in [0.5, 0.6) is 0 Å². The summed E-state index contributed by atoms with van der Waals surface area (Å²) in [5, 5.41) is 15.5. The van der Waals surface area contributed by atoms with E-state index in [0.29, 0.717) is 15.7 Å². The van der Waals surface area contributed by atoms with Crippen molar-refractivity contribution in [1.29, 1.82) is 0 Å². The number of aromatic nitrogens is 1. The maximum Gasteiger partial charge on any atom is 0.326 e. The molecule has 122 valence electrons. The highest BCUT2D eigenvalue weighted by molar-refractivity contribution is 7.14. The largest absolute Gasteiger partial charge is 0.480 e. The first-order valence-electron chi connectivity index (χ1n) is 6.66. The molecule has 2 N–H and O–H groups in total. The molecule has 2 aromatic rings. The molecule has 0 radical (unpaired) electrons. The van der Waals surface area contributed by atoms with E-state index >= 15 is 0 Å². The third-order valence-electron chi connectivity index (χ3n) is 3.18. The first-order valence-corrected chi connectivity index (χ1v) is 8.42. The van der Waals surface area contributed by atoms with Crippen LogP contribution in [0.2, 0.25) is 0 Å². The molecule has 2 amide bonds. The number of carboxylic acid groups (broad SMARTS) is 1. The summed E-state index contributed by atoms with van der Waals surface area (Å²) in [6.07, 6.45) is -0.0144. The average Bonchev–Trinajstić information content (AvgIpc) is 3.17. The number of hydrogen-bond acceptors (Lipinski definition) is 6. The van der Waals surface area contributed by atoms with Gasteiger partial charge in [0.05, 0.1) is 17.0 Å². The third-order valence-corrected chi connectivity index (χ3v) is 4.86. The van der Waals surface area contributed by atoms with Crippen molar-refractivity contribution in [2.45, 2.75) is 19.4 Å². The van der Waals surface area contributed by atoms with Gasteiger partial charge in [-0.25, -0.2) is 9.78 Å². The van der Waals surface area contributed by atoms with Crippen molar-refractivity contribution in [1.82, 2.24) is 9.88 Å². The number of carboxylic acids is 1. The molecule has 0 aliphatic carbocycles. The second kappa shape index (κ2) is 7.34. The number of thiophene rings is 1. The highest BCUT2D eigenvalue weighted by Gasteiger charge is 2.22. The standard InChI is InChI=1S/C14H15N3O4S2/c1-8(13(20)21)17(2)11(18)6-9-7-23-14(15-9)16-12(19)10-4-3-5-22-10/h3-5,7-8H,6H2,1-2H3,(H,20,21)(H,15,16,19). The molecule has 7 nitrogen and oxygen atoms in total. The quantitative estimate of drug-likeness (QED) is 0.827. The summed E-state index contributed by atoms with van der Waals surface area (Å²) >= 11 is 2.54. The first kappa shape index (κ1) is 17.1. The van der Waals surface area contributed by atoms with Crippen LogP contribution in [-0.4, -0.2) is 45.9 Å². The number of likely N-dealkylation sites (N-methyl/N-ethyl adjacent to an activating group) is 1.